The first-order valence-electron chi connectivity index (χ1n) is 13.0. The Bertz CT molecular complexity index is 1600. The second-order valence-corrected chi connectivity index (χ2v) is 9.03. The molecule has 6 heteroatoms. The predicted molar refractivity (Wildman–Crippen MR) is 157 cm³/mol. The number of anilines is 4. The van der Waals surface area contributed by atoms with E-state index >= 15 is 0 Å². The third kappa shape index (κ3) is 5.01. The molecule has 4 aromatic carbocycles. The molecule has 1 aromatic heterocycles. The van der Waals surface area contributed by atoms with Crippen LogP contribution in [0.25, 0.3) is 11.0 Å². The molecule has 0 fully saturated rings. The Balaban J connectivity index is 1.54. The van der Waals surface area contributed by atoms with Crippen molar-refractivity contribution < 1.29 is 13.9 Å². The van der Waals surface area contributed by atoms with Gasteiger partial charge >= 0.3 is 5.63 Å². The van der Waals surface area contributed by atoms with Crippen LogP contribution in [0.5, 0.6) is 5.75 Å². The third-order valence-corrected chi connectivity index (χ3v) is 6.82. The molecule has 0 amide bonds. The summed E-state index contributed by atoms with van der Waals surface area (Å²) in [5, 5.41) is 0.576. The number of hydrogen-bond acceptors (Lipinski definition) is 6. The largest absolute Gasteiger partial charge is 0.495 e. The fraction of sp³-hybridized carbons (Fsp3) is 0.152. The SMILES string of the molecule is CCN(CC)c1ccc2c(OC)c(C(=O)c3ccc(N(c4ccccc4)c4ccccc4)cc3)c(=O)oc2c1. The molecule has 0 unspecified atom stereocenters. The maximum Gasteiger partial charge on any atom is 0.351 e. The van der Waals surface area contributed by atoms with E-state index in [1.807, 2.05) is 91.0 Å². The molecule has 0 saturated heterocycles. The van der Waals surface area contributed by atoms with Crippen LogP contribution in [-0.4, -0.2) is 26.0 Å². The van der Waals surface area contributed by atoms with Gasteiger partial charge in [0.25, 0.3) is 0 Å². The number of carbonyl (C=O) groups excluding carboxylic acids is 1. The normalized spacial score (nSPS) is 10.8. The van der Waals surface area contributed by atoms with Gasteiger partial charge in [-0.05, 0) is 74.5 Å². The zero-order chi connectivity index (χ0) is 27.4. The molecular formula is C33H30N2O4. The Hall–Kier alpha value is -4.84. The first-order valence-corrected chi connectivity index (χ1v) is 13.0. The molecule has 196 valence electrons. The molecule has 0 aliphatic heterocycles. The molecule has 0 N–H and O–H groups in total. The fourth-order valence-corrected chi connectivity index (χ4v) is 4.86. The second-order valence-electron chi connectivity index (χ2n) is 9.03. The zero-order valence-corrected chi connectivity index (χ0v) is 22.3. The average Bonchev–Trinajstić information content (AvgIpc) is 2.98. The zero-order valence-electron chi connectivity index (χ0n) is 22.3. The van der Waals surface area contributed by atoms with Gasteiger partial charge in [-0.15, -0.1) is 0 Å². The molecule has 0 aliphatic carbocycles. The lowest BCUT2D eigenvalue weighted by molar-refractivity contribution is 0.103. The van der Waals surface area contributed by atoms with E-state index in [0.717, 1.165) is 35.8 Å². The lowest BCUT2D eigenvalue weighted by Gasteiger charge is -2.25. The van der Waals surface area contributed by atoms with Crippen LogP contribution in [0.2, 0.25) is 0 Å². The quantitative estimate of drug-likeness (QED) is 0.150. The molecule has 0 saturated carbocycles. The van der Waals surface area contributed by atoms with E-state index < -0.39 is 11.4 Å². The van der Waals surface area contributed by atoms with Crippen molar-refractivity contribution in [2.24, 2.45) is 0 Å². The molecule has 0 bridgehead atoms. The van der Waals surface area contributed by atoms with E-state index in [9.17, 15) is 9.59 Å². The summed E-state index contributed by atoms with van der Waals surface area (Å²) in [6.45, 7) is 5.77. The number of fused-ring (bicyclic) bond motifs is 1. The van der Waals surface area contributed by atoms with Gasteiger partial charge in [-0.25, -0.2) is 4.79 Å². The fourth-order valence-electron chi connectivity index (χ4n) is 4.86. The lowest BCUT2D eigenvalue weighted by Crippen LogP contribution is -2.22. The number of ether oxygens (including phenoxy) is 1. The first kappa shape index (κ1) is 25.8. The van der Waals surface area contributed by atoms with Gasteiger partial charge in [0.1, 0.15) is 11.3 Å². The predicted octanol–water partition coefficient (Wildman–Crippen LogP) is 7.35. The van der Waals surface area contributed by atoms with Crippen LogP contribution >= 0.6 is 0 Å². The number of benzene rings is 4. The molecule has 1 heterocycles. The van der Waals surface area contributed by atoms with Crippen LogP contribution < -0.4 is 20.2 Å². The van der Waals surface area contributed by atoms with Gasteiger partial charge in [0.15, 0.2) is 5.56 Å². The van der Waals surface area contributed by atoms with Crippen molar-refractivity contribution in [1.82, 2.24) is 0 Å². The topological polar surface area (TPSA) is 63.0 Å². The highest BCUT2D eigenvalue weighted by Gasteiger charge is 2.24. The van der Waals surface area contributed by atoms with E-state index in [2.05, 4.69) is 23.6 Å². The molecule has 0 atom stereocenters. The number of carbonyl (C=O) groups is 1. The summed E-state index contributed by atoms with van der Waals surface area (Å²) in [4.78, 5) is 31.0. The number of para-hydroxylation sites is 2. The van der Waals surface area contributed by atoms with Crippen molar-refractivity contribution in [1.29, 1.82) is 0 Å². The first-order chi connectivity index (χ1) is 19.0. The lowest BCUT2D eigenvalue weighted by atomic mass is 10.0. The summed E-state index contributed by atoms with van der Waals surface area (Å²) >= 11 is 0. The van der Waals surface area contributed by atoms with Crippen LogP contribution in [-0.2, 0) is 0 Å². The van der Waals surface area contributed by atoms with Crippen LogP contribution in [0.3, 0.4) is 0 Å². The van der Waals surface area contributed by atoms with Gasteiger partial charge in [0.05, 0.1) is 12.5 Å². The van der Waals surface area contributed by atoms with E-state index in [0.29, 0.717) is 16.5 Å². The summed E-state index contributed by atoms with van der Waals surface area (Å²) in [5.41, 5.74) is 3.71. The van der Waals surface area contributed by atoms with Gasteiger partial charge in [-0.1, -0.05) is 36.4 Å². The van der Waals surface area contributed by atoms with Crippen molar-refractivity contribution in [2.45, 2.75) is 13.8 Å². The third-order valence-electron chi connectivity index (χ3n) is 6.82. The summed E-state index contributed by atoms with van der Waals surface area (Å²) in [6, 6.07) is 32.8. The number of hydrogen-bond donors (Lipinski definition) is 0. The maximum atomic E-state index is 13.6. The number of methoxy groups -OCH3 is 1. The molecule has 39 heavy (non-hydrogen) atoms. The minimum atomic E-state index is -0.722. The van der Waals surface area contributed by atoms with Gasteiger partial charge in [-0.3, -0.25) is 4.79 Å². The highest BCUT2D eigenvalue weighted by atomic mass is 16.5. The van der Waals surface area contributed by atoms with Crippen LogP contribution in [0.1, 0.15) is 29.8 Å². The molecule has 5 aromatic rings. The van der Waals surface area contributed by atoms with Gasteiger partial charge < -0.3 is 19.0 Å². The summed E-state index contributed by atoms with van der Waals surface area (Å²) in [5.74, 6) is -0.232. The van der Waals surface area contributed by atoms with Crippen molar-refractivity contribution in [2.75, 3.05) is 30.0 Å². The number of nitrogens with zero attached hydrogens (tertiary/aromatic N) is 2. The van der Waals surface area contributed by atoms with Crippen molar-refractivity contribution in [3.05, 3.63) is 125 Å². The Kier molecular flexibility index (Phi) is 7.46. The van der Waals surface area contributed by atoms with Gasteiger partial charge in [0, 0.05) is 47.5 Å². The summed E-state index contributed by atoms with van der Waals surface area (Å²) in [7, 11) is 1.46. The van der Waals surface area contributed by atoms with Crippen molar-refractivity contribution in [3.63, 3.8) is 0 Å². The van der Waals surface area contributed by atoms with Crippen molar-refractivity contribution >= 4 is 39.5 Å². The van der Waals surface area contributed by atoms with Gasteiger partial charge in [0.2, 0.25) is 5.78 Å². The molecule has 0 spiro atoms. The summed E-state index contributed by atoms with van der Waals surface area (Å²) in [6.07, 6.45) is 0. The number of rotatable bonds is 9. The van der Waals surface area contributed by atoms with Gasteiger partial charge in [-0.2, -0.15) is 0 Å². The smallest absolute Gasteiger partial charge is 0.351 e. The molecule has 6 nitrogen and oxygen atoms in total. The van der Waals surface area contributed by atoms with Crippen LogP contribution in [0, 0.1) is 0 Å². The molecule has 0 radical (unpaired) electrons. The highest BCUT2D eigenvalue weighted by molar-refractivity contribution is 6.13. The molecule has 5 rings (SSSR count). The van der Waals surface area contributed by atoms with E-state index in [-0.39, 0.29) is 11.3 Å². The second kappa shape index (κ2) is 11.3. The monoisotopic (exact) mass is 518 g/mol. The molecular weight excluding hydrogens is 488 g/mol. The maximum absolute atomic E-state index is 13.6. The Morgan fingerprint density at radius 3 is 1.82 bits per heavy atom. The van der Waals surface area contributed by atoms with Crippen LogP contribution in [0.4, 0.5) is 22.7 Å². The minimum absolute atomic E-state index is 0.115. The molecule has 0 aliphatic rings. The van der Waals surface area contributed by atoms with E-state index in [1.165, 1.54) is 7.11 Å². The van der Waals surface area contributed by atoms with Crippen LogP contribution in [0.15, 0.2) is 112 Å². The minimum Gasteiger partial charge on any atom is -0.495 e. The van der Waals surface area contributed by atoms with E-state index in [4.69, 9.17) is 9.15 Å². The highest BCUT2D eigenvalue weighted by Crippen LogP contribution is 2.35. The Labute approximate surface area is 227 Å². The average molecular weight is 519 g/mol. The number of ketones is 1. The Morgan fingerprint density at radius 2 is 1.28 bits per heavy atom. The Morgan fingerprint density at radius 1 is 0.744 bits per heavy atom. The standard InChI is InChI=1S/C33H30N2O4/c1-4-34(5-2)27-20-21-28-29(22-27)39-33(37)30(32(28)38-3)31(36)23-16-18-26(19-17-23)35(24-12-8-6-9-13-24)25-14-10-7-11-15-25/h6-22H,4-5H2,1-3H3. The van der Waals surface area contributed by atoms with Crippen molar-refractivity contribution in [3.8, 4) is 5.75 Å². The van der Waals surface area contributed by atoms with E-state index in [1.54, 1.807) is 12.1 Å². The summed E-state index contributed by atoms with van der Waals surface area (Å²) < 4.78 is 11.3.